The molecule has 29 heavy (non-hydrogen) atoms. The van der Waals surface area contributed by atoms with Crippen molar-refractivity contribution in [3.8, 4) is 0 Å². The Morgan fingerprint density at radius 1 is 1.24 bits per heavy atom. The Morgan fingerprint density at radius 2 is 1.90 bits per heavy atom. The summed E-state index contributed by atoms with van der Waals surface area (Å²) in [4.78, 5) is 26.6. The molecule has 2 aliphatic carbocycles. The van der Waals surface area contributed by atoms with Gasteiger partial charge in [0.1, 0.15) is 0 Å². The zero-order valence-corrected chi connectivity index (χ0v) is 19.8. The van der Waals surface area contributed by atoms with E-state index < -0.39 is 15.6 Å². The van der Waals surface area contributed by atoms with Crippen molar-refractivity contribution in [2.75, 3.05) is 6.61 Å². The molecular weight excluding hydrogens is 414 g/mol. The summed E-state index contributed by atoms with van der Waals surface area (Å²) in [6.45, 7) is 13.3. The van der Waals surface area contributed by atoms with Crippen LogP contribution < -0.4 is 0 Å². The zero-order chi connectivity index (χ0) is 22.1. The second-order valence-electron chi connectivity index (χ2n) is 9.58. The third-order valence-corrected chi connectivity index (χ3v) is 9.18. The summed E-state index contributed by atoms with van der Waals surface area (Å²) < 4.78 is 30.6. The van der Waals surface area contributed by atoms with Gasteiger partial charge in [-0.15, -0.1) is 0 Å². The Labute approximate surface area is 174 Å². The molecule has 4 atom stereocenters. The van der Waals surface area contributed by atoms with Crippen molar-refractivity contribution in [2.24, 2.45) is 22.7 Å². The molecule has 0 bridgehead atoms. The largest absolute Gasteiger partial charge is 0.481 e. The molecule has 0 amide bonds. The first-order valence-corrected chi connectivity index (χ1v) is 13.3. The lowest BCUT2D eigenvalue weighted by Crippen LogP contribution is -2.49. The van der Waals surface area contributed by atoms with Crippen LogP contribution in [0.2, 0.25) is 0 Å². The monoisotopic (exact) mass is 450 g/mol. The first-order chi connectivity index (χ1) is 13.2. The van der Waals surface area contributed by atoms with Gasteiger partial charge in [0.2, 0.25) is 0 Å². The second-order valence-corrected chi connectivity index (χ2v) is 12.4. The molecule has 2 aliphatic rings. The first-order valence-electron chi connectivity index (χ1n) is 10.2. The predicted molar refractivity (Wildman–Crippen MR) is 113 cm³/mol. The van der Waals surface area contributed by atoms with Crippen molar-refractivity contribution < 1.29 is 32.6 Å². The maximum atomic E-state index is 11.5. The fourth-order valence-corrected chi connectivity index (χ4v) is 7.24. The first kappa shape index (κ1) is 25.0. The van der Waals surface area contributed by atoms with Crippen LogP contribution in [0.5, 0.6) is 0 Å². The number of phosphoric acid groups is 2. The van der Waals surface area contributed by atoms with Crippen LogP contribution >= 0.6 is 15.6 Å². The smallest absolute Gasteiger partial charge is 0.302 e. The molecule has 2 fully saturated rings. The summed E-state index contributed by atoms with van der Waals surface area (Å²) in [6.07, 6.45) is 9.48. The fourth-order valence-electron chi connectivity index (χ4n) is 5.71. The molecule has 0 aromatic heterocycles. The highest BCUT2D eigenvalue weighted by Crippen LogP contribution is 2.62. The summed E-state index contributed by atoms with van der Waals surface area (Å²) in [5.74, 6) is 1.14. The van der Waals surface area contributed by atoms with Gasteiger partial charge < -0.3 is 14.7 Å². The van der Waals surface area contributed by atoms with E-state index in [4.69, 9.17) is 9.79 Å². The molecule has 2 rings (SSSR count). The average molecular weight is 450 g/mol. The van der Waals surface area contributed by atoms with E-state index in [1.165, 1.54) is 31.3 Å². The van der Waals surface area contributed by atoms with Gasteiger partial charge in [-0.05, 0) is 68.1 Å². The van der Waals surface area contributed by atoms with Crippen LogP contribution in [0.15, 0.2) is 23.8 Å². The lowest BCUT2D eigenvalue weighted by Gasteiger charge is -2.58. The van der Waals surface area contributed by atoms with Crippen LogP contribution in [-0.2, 0) is 18.0 Å². The van der Waals surface area contributed by atoms with Crippen molar-refractivity contribution in [1.29, 1.82) is 0 Å². The van der Waals surface area contributed by atoms with Gasteiger partial charge >= 0.3 is 15.6 Å². The lowest BCUT2D eigenvalue weighted by molar-refractivity contribution is -0.0539. The van der Waals surface area contributed by atoms with E-state index in [2.05, 4.69) is 36.2 Å². The van der Waals surface area contributed by atoms with Crippen molar-refractivity contribution in [3.05, 3.63) is 23.8 Å². The Hall–Kier alpha value is -0.260. The number of allylic oxidation sites excluding steroid dienone is 2. The van der Waals surface area contributed by atoms with Crippen LogP contribution in [0.4, 0.5) is 0 Å². The van der Waals surface area contributed by atoms with E-state index in [0.29, 0.717) is 17.3 Å². The highest BCUT2D eigenvalue weighted by molar-refractivity contribution is 7.60. The molecule has 0 aromatic carbocycles. The fraction of sp³-hybridized carbons (Fsp3) is 0.800. The van der Waals surface area contributed by atoms with Gasteiger partial charge in [0, 0.05) is 0 Å². The molecule has 0 aromatic rings. The molecular formula is C20H36O7P2. The Bertz CT molecular complexity index is 739. The van der Waals surface area contributed by atoms with Crippen molar-refractivity contribution in [3.63, 3.8) is 0 Å². The molecule has 0 spiro atoms. The van der Waals surface area contributed by atoms with Gasteiger partial charge in [0.05, 0.1) is 6.61 Å². The van der Waals surface area contributed by atoms with Crippen LogP contribution in [0, 0.1) is 22.7 Å². The van der Waals surface area contributed by atoms with Crippen LogP contribution in [-0.4, -0.2) is 21.3 Å². The van der Waals surface area contributed by atoms with E-state index in [9.17, 15) is 14.0 Å². The van der Waals surface area contributed by atoms with Gasteiger partial charge in [-0.25, -0.2) is 9.13 Å². The normalized spacial score (nSPS) is 32.5. The quantitative estimate of drug-likeness (QED) is 0.319. The molecule has 0 radical (unpaired) electrons. The van der Waals surface area contributed by atoms with Crippen molar-refractivity contribution in [2.45, 2.75) is 72.6 Å². The molecule has 7 nitrogen and oxygen atoms in total. The zero-order valence-electron chi connectivity index (χ0n) is 18.0. The number of fused-ring (bicyclic) bond motifs is 1. The van der Waals surface area contributed by atoms with E-state index in [1.807, 2.05) is 6.92 Å². The van der Waals surface area contributed by atoms with Crippen molar-refractivity contribution in [1.82, 2.24) is 0 Å². The van der Waals surface area contributed by atoms with Gasteiger partial charge in [0.15, 0.2) is 0 Å². The summed E-state index contributed by atoms with van der Waals surface area (Å²) in [5.41, 5.74) is 2.94. The van der Waals surface area contributed by atoms with E-state index in [-0.39, 0.29) is 12.0 Å². The third-order valence-electron chi connectivity index (χ3n) is 7.03. The number of rotatable bonds is 8. The van der Waals surface area contributed by atoms with Crippen LogP contribution in [0.1, 0.15) is 72.6 Å². The lowest BCUT2D eigenvalue weighted by atomic mass is 9.47. The van der Waals surface area contributed by atoms with E-state index in [1.54, 1.807) is 6.08 Å². The van der Waals surface area contributed by atoms with Crippen LogP contribution in [0.3, 0.4) is 0 Å². The molecule has 0 heterocycles. The molecule has 0 saturated heterocycles. The third kappa shape index (κ3) is 6.61. The van der Waals surface area contributed by atoms with Crippen molar-refractivity contribution >= 4 is 15.6 Å². The summed E-state index contributed by atoms with van der Waals surface area (Å²) in [7, 11) is -9.88. The molecule has 168 valence electrons. The molecule has 2 saturated carbocycles. The highest BCUT2D eigenvalue weighted by Gasteiger charge is 2.52. The van der Waals surface area contributed by atoms with E-state index in [0.717, 1.165) is 24.8 Å². The summed E-state index contributed by atoms with van der Waals surface area (Å²) in [5, 5.41) is 0. The minimum atomic E-state index is -5.09. The highest BCUT2D eigenvalue weighted by atomic mass is 31.3. The average Bonchev–Trinajstić information content (AvgIpc) is 2.50. The van der Waals surface area contributed by atoms with Crippen LogP contribution in [0.25, 0.3) is 0 Å². The predicted octanol–water partition coefficient (Wildman–Crippen LogP) is 5.74. The molecule has 3 N–H and O–H groups in total. The van der Waals surface area contributed by atoms with Gasteiger partial charge in [-0.1, -0.05) is 51.0 Å². The minimum absolute atomic E-state index is 0.252. The summed E-state index contributed by atoms with van der Waals surface area (Å²) >= 11 is 0. The molecule has 9 heteroatoms. The number of hydrogen-bond donors (Lipinski definition) is 3. The maximum absolute atomic E-state index is 11.5. The Balaban J connectivity index is 1.97. The minimum Gasteiger partial charge on any atom is -0.302 e. The Kier molecular flexibility index (Phi) is 7.83. The second kappa shape index (κ2) is 9.08. The topological polar surface area (TPSA) is 113 Å². The standard InChI is InChI=1S/C20H36O7P2/c1-15(11-14-26-29(24,25)27-28(21,22)23)7-9-17-16(2)8-10-18-19(3,4)12-6-13-20(17,18)5/h11,17-18H,2,6-10,12-14H2,1,3-5H3,(H,24,25)(H2,21,22,23)/b15-11+/t17-,18-,20-/m0/s1. The maximum Gasteiger partial charge on any atom is 0.481 e. The number of hydrogen-bond acceptors (Lipinski definition) is 4. The van der Waals surface area contributed by atoms with Gasteiger partial charge in [0.25, 0.3) is 0 Å². The number of phosphoric ester groups is 1. The SMILES string of the molecule is C=C1CC[C@H]2C(C)(C)CCC[C@@]2(C)[C@H]1CC/C(C)=C/COP(=O)(O)OP(=O)(O)O. The van der Waals surface area contributed by atoms with Gasteiger partial charge in [-0.2, -0.15) is 4.31 Å². The van der Waals surface area contributed by atoms with E-state index >= 15 is 0 Å². The summed E-state index contributed by atoms with van der Waals surface area (Å²) in [6, 6.07) is 0. The molecule has 0 aliphatic heterocycles. The van der Waals surface area contributed by atoms with Gasteiger partial charge in [-0.3, -0.25) is 4.52 Å². The Morgan fingerprint density at radius 3 is 2.52 bits per heavy atom. The molecule has 1 unspecified atom stereocenters.